The van der Waals surface area contributed by atoms with Crippen LogP contribution in [0.5, 0.6) is 0 Å². The maximum absolute atomic E-state index is 5.71. The zero-order valence-electron chi connectivity index (χ0n) is 7.69. The van der Waals surface area contributed by atoms with Crippen LogP contribution >= 0.6 is 11.3 Å². The molecule has 0 bridgehead atoms. The minimum atomic E-state index is 0.630. The lowest BCUT2D eigenvalue weighted by Gasteiger charge is -1.98. The van der Waals surface area contributed by atoms with Gasteiger partial charge in [-0.2, -0.15) is 0 Å². The molecule has 0 unspecified atom stereocenters. The highest BCUT2D eigenvalue weighted by atomic mass is 32.1. The zero-order chi connectivity index (χ0) is 9.52. The van der Waals surface area contributed by atoms with Gasteiger partial charge in [0, 0.05) is 18.4 Å². The molecule has 1 aromatic heterocycles. The predicted molar refractivity (Wildman–Crippen MR) is 56.4 cm³/mol. The number of ether oxygens (including phenoxy) is 1. The molecule has 0 saturated heterocycles. The van der Waals surface area contributed by atoms with Crippen molar-refractivity contribution in [3.05, 3.63) is 22.4 Å². The van der Waals surface area contributed by atoms with E-state index in [9.17, 15) is 0 Å². The molecule has 0 atom stereocenters. The molecule has 13 heavy (non-hydrogen) atoms. The molecule has 0 saturated carbocycles. The number of methoxy groups -OCH3 is 1. The van der Waals surface area contributed by atoms with Crippen LogP contribution in [0.15, 0.2) is 22.5 Å². The summed E-state index contributed by atoms with van der Waals surface area (Å²) < 4.78 is 4.87. The van der Waals surface area contributed by atoms with E-state index in [0.717, 1.165) is 6.42 Å². The first-order chi connectivity index (χ1) is 6.33. The Labute approximate surface area is 82.2 Å². The molecule has 4 heteroatoms. The lowest BCUT2D eigenvalue weighted by molar-refractivity contribution is 0.208. The van der Waals surface area contributed by atoms with E-state index in [0.29, 0.717) is 19.0 Å². The van der Waals surface area contributed by atoms with Gasteiger partial charge in [0.25, 0.3) is 0 Å². The van der Waals surface area contributed by atoms with Gasteiger partial charge in [0.2, 0.25) is 0 Å². The van der Waals surface area contributed by atoms with Crippen LogP contribution in [0.2, 0.25) is 0 Å². The van der Waals surface area contributed by atoms with Crippen molar-refractivity contribution in [2.24, 2.45) is 10.7 Å². The highest BCUT2D eigenvalue weighted by Crippen LogP contribution is 2.08. The second-order valence-electron chi connectivity index (χ2n) is 2.62. The van der Waals surface area contributed by atoms with Gasteiger partial charge in [-0.15, -0.1) is 11.3 Å². The second kappa shape index (κ2) is 5.72. The fourth-order valence-corrected chi connectivity index (χ4v) is 1.65. The first kappa shape index (κ1) is 10.2. The fourth-order valence-electron chi connectivity index (χ4n) is 0.928. The van der Waals surface area contributed by atoms with E-state index < -0.39 is 0 Å². The number of hydrogen-bond acceptors (Lipinski definition) is 3. The Morgan fingerprint density at radius 1 is 1.69 bits per heavy atom. The Hall–Kier alpha value is -0.870. The molecule has 3 nitrogen and oxygen atoms in total. The summed E-state index contributed by atoms with van der Waals surface area (Å²) in [5.41, 5.74) is 5.71. The van der Waals surface area contributed by atoms with Gasteiger partial charge in [-0.3, -0.25) is 4.99 Å². The number of hydrogen-bond donors (Lipinski definition) is 1. The highest BCUT2D eigenvalue weighted by molar-refractivity contribution is 7.10. The molecule has 1 rings (SSSR count). The summed E-state index contributed by atoms with van der Waals surface area (Å²) in [6.45, 7) is 1.28. The number of rotatable bonds is 5. The van der Waals surface area contributed by atoms with Crippen molar-refractivity contribution >= 4 is 17.2 Å². The Morgan fingerprint density at radius 2 is 2.54 bits per heavy atom. The van der Waals surface area contributed by atoms with Gasteiger partial charge < -0.3 is 10.5 Å². The normalized spacial score (nSPS) is 11.9. The molecule has 1 aromatic rings. The summed E-state index contributed by atoms with van der Waals surface area (Å²) in [7, 11) is 1.66. The number of nitrogens with zero attached hydrogens (tertiary/aromatic N) is 1. The van der Waals surface area contributed by atoms with Crippen molar-refractivity contribution < 1.29 is 4.74 Å². The number of aliphatic imine (C=N–C) groups is 1. The molecular formula is C9H14N2OS. The largest absolute Gasteiger partial charge is 0.387 e. The quantitative estimate of drug-likeness (QED) is 0.440. The van der Waals surface area contributed by atoms with Crippen LogP contribution in [0.3, 0.4) is 0 Å². The van der Waals surface area contributed by atoms with Crippen LogP contribution in [0.25, 0.3) is 0 Å². The second-order valence-corrected chi connectivity index (χ2v) is 3.65. The van der Waals surface area contributed by atoms with Gasteiger partial charge >= 0.3 is 0 Å². The maximum Gasteiger partial charge on any atom is 0.0990 e. The van der Waals surface area contributed by atoms with E-state index >= 15 is 0 Å². The van der Waals surface area contributed by atoms with Crippen LogP contribution in [-0.2, 0) is 11.2 Å². The smallest absolute Gasteiger partial charge is 0.0990 e. The molecule has 72 valence electrons. The summed E-state index contributed by atoms with van der Waals surface area (Å²) in [5, 5.41) is 2.04. The number of thiophene rings is 1. The number of amidine groups is 1. The first-order valence-electron chi connectivity index (χ1n) is 4.13. The van der Waals surface area contributed by atoms with Gasteiger partial charge in [-0.1, -0.05) is 6.07 Å². The molecule has 0 amide bonds. The summed E-state index contributed by atoms with van der Waals surface area (Å²) >= 11 is 1.70. The number of nitrogens with two attached hydrogens (primary N) is 1. The predicted octanol–water partition coefficient (Wildman–Crippen LogP) is 1.29. The van der Waals surface area contributed by atoms with Gasteiger partial charge in [0.15, 0.2) is 0 Å². The van der Waals surface area contributed by atoms with Crippen LogP contribution in [-0.4, -0.2) is 26.1 Å². The van der Waals surface area contributed by atoms with Gasteiger partial charge in [-0.05, 0) is 11.4 Å². The fraction of sp³-hybridized carbons (Fsp3) is 0.444. The zero-order valence-corrected chi connectivity index (χ0v) is 8.51. The van der Waals surface area contributed by atoms with Crippen molar-refractivity contribution in [1.82, 2.24) is 0 Å². The maximum atomic E-state index is 5.71. The monoisotopic (exact) mass is 198 g/mol. The topological polar surface area (TPSA) is 47.6 Å². The van der Waals surface area contributed by atoms with Crippen molar-refractivity contribution in [3.8, 4) is 0 Å². The summed E-state index contributed by atoms with van der Waals surface area (Å²) in [5.74, 6) is 0.680. The van der Waals surface area contributed by atoms with Gasteiger partial charge in [-0.25, -0.2) is 0 Å². The Kier molecular flexibility index (Phi) is 4.49. The van der Waals surface area contributed by atoms with Gasteiger partial charge in [0.05, 0.1) is 19.0 Å². The molecule has 0 spiro atoms. The van der Waals surface area contributed by atoms with E-state index in [2.05, 4.69) is 11.1 Å². The third-order valence-corrected chi connectivity index (χ3v) is 2.42. The molecule has 0 aliphatic rings. The Morgan fingerprint density at radius 3 is 3.15 bits per heavy atom. The Balaban J connectivity index is 2.32. The third-order valence-electron chi connectivity index (χ3n) is 1.55. The van der Waals surface area contributed by atoms with Crippen molar-refractivity contribution in [2.75, 3.05) is 20.3 Å². The van der Waals surface area contributed by atoms with Gasteiger partial charge in [0.1, 0.15) is 0 Å². The Bertz CT molecular complexity index is 257. The van der Waals surface area contributed by atoms with Crippen LogP contribution in [0.1, 0.15) is 4.88 Å². The van der Waals surface area contributed by atoms with Crippen molar-refractivity contribution in [2.45, 2.75) is 6.42 Å². The van der Waals surface area contributed by atoms with E-state index in [1.165, 1.54) is 4.88 Å². The standard InChI is InChI=1S/C9H14N2OS/c1-12-5-4-11-9(10)7-8-3-2-6-13-8/h2-3,6H,4-5,7H2,1H3,(H2,10,11). The molecule has 0 aromatic carbocycles. The van der Waals surface area contributed by atoms with Crippen LogP contribution in [0.4, 0.5) is 0 Å². The van der Waals surface area contributed by atoms with E-state index in [-0.39, 0.29) is 0 Å². The van der Waals surface area contributed by atoms with E-state index in [4.69, 9.17) is 10.5 Å². The van der Waals surface area contributed by atoms with Crippen molar-refractivity contribution in [1.29, 1.82) is 0 Å². The molecule has 1 heterocycles. The molecule has 2 N–H and O–H groups in total. The molecule has 0 aliphatic carbocycles. The summed E-state index contributed by atoms with van der Waals surface area (Å²) in [6, 6.07) is 4.08. The lowest BCUT2D eigenvalue weighted by Crippen LogP contribution is -2.15. The van der Waals surface area contributed by atoms with E-state index in [1.807, 2.05) is 11.4 Å². The summed E-state index contributed by atoms with van der Waals surface area (Å²) in [4.78, 5) is 5.41. The highest BCUT2D eigenvalue weighted by Gasteiger charge is 1.96. The molecule has 0 radical (unpaired) electrons. The van der Waals surface area contributed by atoms with E-state index in [1.54, 1.807) is 18.4 Å². The van der Waals surface area contributed by atoms with Crippen molar-refractivity contribution in [3.63, 3.8) is 0 Å². The molecular weight excluding hydrogens is 184 g/mol. The first-order valence-corrected chi connectivity index (χ1v) is 5.01. The average molecular weight is 198 g/mol. The van der Waals surface area contributed by atoms with Crippen LogP contribution in [0, 0.1) is 0 Å². The minimum Gasteiger partial charge on any atom is -0.387 e. The SMILES string of the molecule is COCCN=C(N)Cc1cccs1. The molecule has 0 fully saturated rings. The minimum absolute atomic E-state index is 0.630. The lowest BCUT2D eigenvalue weighted by atomic mass is 10.3. The van der Waals surface area contributed by atoms with Crippen LogP contribution < -0.4 is 5.73 Å². The average Bonchev–Trinajstić information content (AvgIpc) is 2.57. The third kappa shape index (κ3) is 4.05. The summed E-state index contributed by atoms with van der Waals surface area (Å²) in [6.07, 6.45) is 0.751. The molecule has 0 aliphatic heterocycles.